The lowest BCUT2D eigenvalue weighted by atomic mass is 10.1. The maximum absolute atomic E-state index is 12.5. The summed E-state index contributed by atoms with van der Waals surface area (Å²) in [6, 6.07) is 9.97. The van der Waals surface area contributed by atoms with Crippen molar-refractivity contribution < 1.29 is 14.3 Å². The smallest absolute Gasteiger partial charge is 0.228 e. The summed E-state index contributed by atoms with van der Waals surface area (Å²) in [4.78, 5) is 28.5. The third kappa shape index (κ3) is 2.99. The molecule has 2 saturated heterocycles. The van der Waals surface area contributed by atoms with E-state index in [0.717, 1.165) is 5.56 Å². The first-order valence-electron chi connectivity index (χ1n) is 7.88. The molecular weight excluding hydrogens is 280 g/mol. The van der Waals surface area contributed by atoms with E-state index in [2.05, 4.69) is 0 Å². The van der Waals surface area contributed by atoms with Gasteiger partial charge in [-0.2, -0.15) is 0 Å². The molecule has 0 bridgehead atoms. The van der Waals surface area contributed by atoms with Gasteiger partial charge in [0.1, 0.15) is 0 Å². The molecule has 2 amide bonds. The molecule has 0 aliphatic carbocycles. The lowest BCUT2D eigenvalue weighted by Gasteiger charge is -2.29. The highest BCUT2D eigenvalue weighted by atomic mass is 16.5. The minimum absolute atomic E-state index is 0.0104. The quantitative estimate of drug-likeness (QED) is 0.849. The maximum atomic E-state index is 12.5. The average Bonchev–Trinajstić information content (AvgIpc) is 2.97. The van der Waals surface area contributed by atoms with Crippen molar-refractivity contribution in [2.45, 2.75) is 19.4 Å². The molecule has 0 aromatic heterocycles. The molecule has 0 saturated carbocycles. The van der Waals surface area contributed by atoms with Crippen LogP contribution in [-0.4, -0.2) is 54.5 Å². The molecule has 2 aliphatic rings. The van der Waals surface area contributed by atoms with Crippen LogP contribution in [0.3, 0.4) is 0 Å². The number of carbonyl (C=O) groups excluding carboxylic acids is 2. The van der Waals surface area contributed by atoms with Crippen molar-refractivity contribution in [3.8, 4) is 0 Å². The van der Waals surface area contributed by atoms with Gasteiger partial charge in [0.05, 0.1) is 25.2 Å². The van der Waals surface area contributed by atoms with Gasteiger partial charge in [-0.25, -0.2) is 0 Å². The fraction of sp³-hybridized carbons (Fsp3) is 0.529. The Morgan fingerprint density at radius 1 is 1.23 bits per heavy atom. The summed E-state index contributed by atoms with van der Waals surface area (Å²) in [5.41, 5.74) is 1.11. The third-order valence-corrected chi connectivity index (χ3v) is 4.58. The summed E-state index contributed by atoms with van der Waals surface area (Å²) in [6.07, 6.45) is 0.327. The number of hydrogen-bond donors (Lipinski definition) is 0. The molecule has 2 atom stereocenters. The van der Waals surface area contributed by atoms with Crippen molar-refractivity contribution in [3.05, 3.63) is 35.9 Å². The molecule has 1 aromatic carbocycles. The summed E-state index contributed by atoms with van der Waals surface area (Å²) in [7, 11) is 0. The zero-order chi connectivity index (χ0) is 15.5. The van der Waals surface area contributed by atoms with Crippen LogP contribution in [-0.2, 0) is 14.3 Å². The van der Waals surface area contributed by atoms with Crippen molar-refractivity contribution in [1.82, 2.24) is 9.80 Å². The predicted octanol–water partition coefficient (Wildman–Crippen LogP) is 1.45. The van der Waals surface area contributed by atoms with Crippen molar-refractivity contribution >= 4 is 11.8 Å². The van der Waals surface area contributed by atoms with E-state index >= 15 is 0 Å². The van der Waals surface area contributed by atoms with Crippen LogP contribution >= 0.6 is 0 Å². The largest absolute Gasteiger partial charge is 0.378 e. The summed E-state index contributed by atoms with van der Waals surface area (Å²) in [6.45, 7) is 5.00. The SMILES string of the molecule is CC(c1ccccc1)N1CC(C(=O)N2CCOCC2)CC1=O. The Bertz CT molecular complexity index is 540. The van der Waals surface area contributed by atoms with Crippen molar-refractivity contribution in [2.75, 3.05) is 32.8 Å². The lowest BCUT2D eigenvalue weighted by Crippen LogP contribution is -2.44. The molecular formula is C17H22N2O3. The van der Waals surface area contributed by atoms with E-state index in [1.807, 2.05) is 47.1 Å². The van der Waals surface area contributed by atoms with Gasteiger partial charge >= 0.3 is 0 Å². The Hall–Kier alpha value is -1.88. The number of amides is 2. The van der Waals surface area contributed by atoms with Gasteiger partial charge in [0.15, 0.2) is 0 Å². The van der Waals surface area contributed by atoms with Crippen LogP contribution < -0.4 is 0 Å². The number of ether oxygens (including phenoxy) is 1. The molecule has 2 heterocycles. The number of hydrogen-bond acceptors (Lipinski definition) is 3. The first-order valence-corrected chi connectivity index (χ1v) is 7.88. The molecule has 0 radical (unpaired) electrons. The highest BCUT2D eigenvalue weighted by Gasteiger charge is 2.38. The summed E-state index contributed by atoms with van der Waals surface area (Å²) >= 11 is 0. The first kappa shape index (κ1) is 15.0. The monoisotopic (exact) mass is 302 g/mol. The second kappa shape index (κ2) is 6.48. The van der Waals surface area contributed by atoms with Crippen LogP contribution in [0.2, 0.25) is 0 Å². The van der Waals surface area contributed by atoms with Crippen LogP contribution in [0.4, 0.5) is 0 Å². The Kier molecular flexibility index (Phi) is 4.43. The van der Waals surface area contributed by atoms with Gasteiger partial charge in [-0.05, 0) is 12.5 Å². The molecule has 2 unspecified atom stereocenters. The fourth-order valence-corrected chi connectivity index (χ4v) is 3.22. The van der Waals surface area contributed by atoms with E-state index in [9.17, 15) is 9.59 Å². The van der Waals surface area contributed by atoms with Crippen molar-refractivity contribution in [2.24, 2.45) is 5.92 Å². The minimum Gasteiger partial charge on any atom is -0.378 e. The zero-order valence-corrected chi connectivity index (χ0v) is 12.9. The number of benzene rings is 1. The number of carbonyl (C=O) groups is 2. The molecule has 22 heavy (non-hydrogen) atoms. The van der Waals surface area contributed by atoms with Gasteiger partial charge in [0, 0.05) is 26.1 Å². The molecule has 0 N–H and O–H groups in total. The van der Waals surface area contributed by atoms with E-state index < -0.39 is 0 Å². The number of rotatable bonds is 3. The van der Waals surface area contributed by atoms with E-state index in [1.54, 1.807) is 0 Å². The second-order valence-electron chi connectivity index (χ2n) is 5.97. The Morgan fingerprint density at radius 3 is 2.59 bits per heavy atom. The molecule has 1 aromatic rings. The normalized spacial score (nSPS) is 23.7. The molecule has 0 spiro atoms. The Morgan fingerprint density at radius 2 is 1.91 bits per heavy atom. The summed E-state index contributed by atoms with van der Waals surface area (Å²) < 4.78 is 5.28. The van der Waals surface area contributed by atoms with E-state index in [4.69, 9.17) is 4.74 Å². The highest BCUT2D eigenvalue weighted by Crippen LogP contribution is 2.29. The van der Waals surface area contributed by atoms with Gasteiger partial charge in [-0.3, -0.25) is 9.59 Å². The summed E-state index contributed by atoms with van der Waals surface area (Å²) in [5.74, 6) is -0.0425. The molecule has 5 heteroatoms. The predicted molar refractivity (Wildman–Crippen MR) is 82.1 cm³/mol. The summed E-state index contributed by atoms with van der Waals surface area (Å²) in [5, 5.41) is 0. The number of morpholine rings is 1. The van der Waals surface area contributed by atoms with Crippen LogP contribution in [0, 0.1) is 5.92 Å². The molecule has 2 fully saturated rings. The van der Waals surface area contributed by atoms with Crippen LogP contribution in [0.1, 0.15) is 24.9 Å². The molecule has 118 valence electrons. The topological polar surface area (TPSA) is 49.9 Å². The standard InChI is InChI=1S/C17H22N2O3/c1-13(14-5-3-2-4-6-14)19-12-15(11-16(19)20)17(21)18-7-9-22-10-8-18/h2-6,13,15H,7-12H2,1H3. The van der Waals surface area contributed by atoms with E-state index in [0.29, 0.717) is 39.3 Å². The van der Waals surface area contributed by atoms with Crippen molar-refractivity contribution in [3.63, 3.8) is 0 Å². The van der Waals surface area contributed by atoms with Crippen LogP contribution in [0.15, 0.2) is 30.3 Å². The number of likely N-dealkylation sites (tertiary alicyclic amines) is 1. The number of nitrogens with zero attached hydrogens (tertiary/aromatic N) is 2. The maximum Gasteiger partial charge on any atom is 0.228 e. The first-order chi connectivity index (χ1) is 10.7. The molecule has 3 rings (SSSR count). The highest BCUT2D eigenvalue weighted by molar-refractivity contribution is 5.89. The van der Waals surface area contributed by atoms with Gasteiger partial charge in [0.25, 0.3) is 0 Å². The third-order valence-electron chi connectivity index (χ3n) is 4.58. The van der Waals surface area contributed by atoms with Crippen LogP contribution in [0.5, 0.6) is 0 Å². The second-order valence-corrected chi connectivity index (χ2v) is 5.97. The van der Waals surface area contributed by atoms with Gasteiger partial charge in [0.2, 0.25) is 11.8 Å². The van der Waals surface area contributed by atoms with E-state index in [-0.39, 0.29) is 23.8 Å². The van der Waals surface area contributed by atoms with Gasteiger partial charge < -0.3 is 14.5 Å². The van der Waals surface area contributed by atoms with Gasteiger partial charge in [-0.15, -0.1) is 0 Å². The van der Waals surface area contributed by atoms with E-state index in [1.165, 1.54) is 0 Å². The lowest BCUT2D eigenvalue weighted by molar-refractivity contribution is -0.139. The Balaban J connectivity index is 1.66. The van der Waals surface area contributed by atoms with Crippen LogP contribution in [0.25, 0.3) is 0 Å². The zero-order valence-electron chi connectivity index (χ0n) is 12.9. The fourth-order valence-electron chi connectivity index (χ4n) is 3.22. The average molecular weight is 302 g/mol. The molecule has 2 aliphatic heterocycles. The van der Waals surface area contributed by atoms with Gasteiger partial charge in [-0.1, -0.05) is 30.3 Å². The molecule has 5 nitrogen and oxygen atoms in total. The van der Waals surface area contributed by atoms with Crippen molar-refractivity contribution in [1.29, 1.82) is 0 Å². The minimum atomic E-state index is -0.211. The Labute approximate surface area is 130 Å².